The van der Waals surface area contributed by atoms with E-state index in [2.05, 4.69) is 11.8 Å². The number of hydrogen-bond donors (Lipinski definition) is 0. The van der Waals surface area contributed by atoms with Gasteiger partial charge in [0.1, 0.15) is 28.7 Å². The zero-order chi connectivity index (χ0) is 30.0. The summed E-state index contributed by atoms with van der Waals surface area (Å²) >= 11 is 0. The molecule has 1 fully saturated rings. The Labute approximate surface area is 235 Å². The molecule has 1 aliphatic rings. The summed E-state index contributed by atoms with van der Waals surface area (Å²) in [6.45, 7) is 7.20. The number of anilines is 1. The summed E-state index contributed by atoms with van der Waals surface area (Å²) < 4.78 is 74.9. The molecule has 0 N–H and O–H groups in total. The molecule has 1 unspecified atom stereocenters. The van der Waals surface area contributed by atoms with Crippen molar-refractivity contribution in [2.75, 3.05) is 46.3 Å². The Bertz CT molecular complexity index is 1320. The van der Waals surface area contributed by atoms with Crippen LogP contribution in [0.25, 0.3) is 0 Å². The molecule has 222 valence electrons. The van der Waals surface area contributed by atoms with Gasteiger partial charge in [0.2, 0.25) is 0 Å². The smallest absolute Gasteiger partial charge is 0.424 e. The molecule has 0 aromatic heterocycles. The fraction of sp³-hybridized carbons (Fsp3) is 0.536. The molecular weight excluding hydrogens is 544 g/mol. The van der Waals surface area contributed by atoms with E-state index in [0.717, 1.165) is 25.0 Å². The van der Waals surface area contributed by atoms with E-state index in [1.807, 2.05) is 19.0 Å². The number of ether oxygens (including phenoxy) is 3. The molecule has 0 bridgehead atoms. The molecular formula is C28H39F2N3O6S. The van der Waals surface area contributed by atoms with E-state index < -0.39 is 44.8 Å². The van der Waals surface area contributed by atoms with Crippen LogP contribution in [0.5, 0.6) is 11.5 Å². The van der Waals surface area contributed by atoms with Gasteiger partial charge in [-0.2, -0.15) is 4.31 Å². The summed E-state index contributed by atoms with van der Waals surface area (Å²) in [4.78, 5) is 15.8. The van der Waals surface area contributed by atoms with Crippen molar-refractivity contribution in [3.63, 3.8) is 0 Å². The highest BCUT2D eigenvalue weighted by Gasteiger charge is 2.39. The zero-order valence-corrected chi connectivity index (χ0v) is 25.2. The molecule has 0 spiro atoms. The Morgan fingerprint density at radius 2 is 1.70 bits per heavy atom. The summed E-state index contributed by atoms with van der Waals surface area (Å²) in [6, 6.07) is 6.55. The predicted molar refractivity (Wildman–Crippen MR) is 148 cm³/mol. The Morgan fingerprint density at radius 3 is 2.23 bits per heavy atom. The van der Waals surface area contributed by atoms with Crippen LogP contribution < -0.4 is 14.4 Å². The van der Waals surface area contributed by atoms with E-state index in [4.69, 9.17) is 14.2 Å². The van der Waals surface area contributed by atoms with Crippen LogP contribution >= 0.6 is 0 Å². The van der Waals surface area contributed by atoms with Gasteiger partial charge < -0.3 is 24.0 Å². The average Bonchev–Trinajstić information content (AvgIpc) is 2.85. The first-order valence-electron chi connectivity index (χ1n) is 12.9. The number of amides is 1. The summed E-state index contributed by atoms with van der Waals surface area (Å²) in [5.74, 6) is -1.96. The quantitative estimate of drug-likeness (QED) is 0.428. The van der Waals surface area contributed by atoms with Crippen molar-refractivity contribution in [3.05, 3.63) is 47.5 Å². The lowest BCUT2D eigenvalue weighted by Crippen LogP contribution is -2.54. The molecule has 1 amide bonds. The first kappa shape index (κ1) is 31.4. The summed E-state index contributed by atoms with van der Waals surface area (Å²) in [5, 5.41) is 0. The van der Waals surface area contributed by atoms with E-state index in [9.17, 15) is 13.2 Å². The van der Waals surface area contributed by atoms with Crippen LogP contribution in [0.3, 0.4) is 0 Å². The van der Waals surface area contributed by atoms with E-state index in [1.165, 1.54) is 26.4 Å². The number of nitrogens with zero attached hydrogens (tertiary/aromatic N) is 3. The molecule has 1 aliphatic heterocycles. The summed E-state index contributed by atoms with van der Waals surface area (Å²) in [7, 11) is 1.65. The van der Waals surface area contributed by atoms with Crippen LogP contribution in [0.1, 0.15) is 46.1 Å². The fourth-order valence-electron chi connectivity index (χ4n) is 4.59. The second-order valence-corrected chi connectivity index (χ2v) is 13.1. The van der Waals surface area contributed by atoms with Crippen molar-refractivity contribution >= 4 is 21.8 Å². The minimum absolute atomic E-state index is 0.216. The Balaban J connectivity index is 2.06. The van der Waals surface area contributed by atoms with E-state index in [-0.39, 0.29) is 22.5 Å². The van der Waals surface area contributed by atoms with Gasteiger partial charge in [-0.1, -0.05) is 0 Å². The van der Waals surface area contributed by atoms with Gasteiger partial charge in [-0.05, 0) is 78.9 Å². The number of likely N-dealkylation sites (N-methyl/N-ethyl adjacent to an activating group) is 1. The lowest BCUT2D eigenvalue weighted by molar-refractivity contribution is 0.0380. The number of piperidine rings is 1. The molecule has 0 aliphatic carbocycles. The Hall–Kier alpha value is -3.12. The molecule has 1 heterocycles. The first-order chi connectivity index (χ1) is 18.5. The second kappa shape index (κ2) is 11.8. The molecule has 40 heavy (non-hydrogen) atoms. The van der Waals surface area contributed by atoms with Gasteiger partial charge in [0, 0.05) is 35.9 Å². The van der Waals surface area contributed by atoms with Crippen molar-refractivity contribution < 1.29 is 36.2 Å². The SMILES string of the molecule is COc1ccc(CN(C(=O)OC(C)(C)C)S(=O)(=O)c2c(F)cc(N3CCCC(C)(N(C)C)C3)cc2F)c(OC)c1. The number of methoxy groups -OCH3 is 2. The van der Waals surface area contributed by atoms with Crippen molar-refractivity contribution in [1.29, 1.82) is 0 Å². The fourth-order valence-corrected chi connectivity index (χ4v) is 5.96. The normalized spacial score (nSPS) is 18.0. The van der Waals surface area contributed by atoms with Crippen molar-refractivity contribution in [2.45, 2.75) is 63.1 Å². The van der Waals surface area contributed by atoms with Crippen molar-refractivity contribution in [3.8, 4) is 11.5 Å². The Morgan fingerprint density at radius 1 is 1.07 bits per heavy atom. The van der Waals surface area contributed by atoms with Crippen LogP contribution in [-0.2, 0) is 21.3 Å². The lowest BCUT2D eigenvalue weighted by atomic mass is 9.89. The zero-order valence-electron chi connectivity index (χ0n) is 24.4. The van der Waals surface area contributed by atoms with Crippen molar-refractivity contribution in [2.24, 2.45) is 0 Å². The maximum Gasteiger partial charge on any atom is 0.424 e. The molecule has 2 aromatic carbocycles. The highest BCUT2D eigenvalue weighted by Crippen LogP contribution is 2.34. The van der Waals surface area contributed by atoms with Crippen LogP contribution in [0.15, 0.2) is 35.2 Å². The number of halogens is 2. The molecule has 12 heteroatoms. The van der Waals surface area contributed by atoms with Gasteiger partial charge in [0.05, 0.1) is 20.8 Å². The number of sulfonamides is 1. The van der Waals surface area contributed by atoms with Crippen LogP contribution in [0.4, 0.5) is 19.3 Å². The lowest BCUT2D eigenvalue weighted by Gasteiger charge is -2.45. The third-order valence-electron chi connectivity index (χ3n) is 7.06. The van der Waals surface area contributed by atoms with Gasteiger partial charge in [-0.25, -0.2) is 22.0 Å². The molecule has 0 saturated carbocycles. The monoisotopic (exact) mass is 583 g/mol. The predicted octanol–water partition coefficient (Wildman–Crippen LogP) is 5.03. The van der Waals surface area contributed by atoms with Gasteiger partial charge in [-0.15, -0.1) is 0 Å². The Kier molecular flexibility index (Phi) is 9.25. The minimum Gasteiger partial charge on any atom is -0.497 e. The topological polar surface area (TPSA) is 88.6 Å². The van der Waals surface area contributed by atoms with E-state index >= 15 is 8.78 Å². The largest absolute Gasteiger partial charge is 0.497 e. The number of rotatable bonds is 8. The average molecular weight is 584 g/mol. The molecule has 1 atom stereocenters. The standard InChI is InChI=1S/C28H39F2N3O6S/c1-27(2,3)39-26(34)33(17-19-10-11-21(37-7)16-24(19)38-8)40(35,36)25-22(29)14-20(15-23(25)30)32-13-9-12-28(4,18-32)31(5)6/h10-11,14-16H,9,12-13,17-18H2,1-8H3. The van der Waals surface area contributed by atoms with E-state index in [0.29, 0.717) is 23.1 Å². The van der Waals surface area contributed by atoms with Crippen molar-refractivity contribution in [1.82, 2.24) is 9.21 Å². The van der Waals surface area contributed by atoms with Gasteiger partial charge in [0.25, 0.3) is 10.0 Å². The number of carbonyl (C=O) groups is 1. The first-order valence-corrected chi connectivity index (χ1v) is 14.3. The second-order valence-electron chi connectivity index (χ2n) is 11.3. The summed E-state index contributed by atoms with van der Waals surface area (Å²) in [6.07, 6.45) is 0.424. The highest BCUT2D eigenvalue weighted by atomic mass is 32.2. The van der Waals surface area contributed by atoms with Gasteiger partial charge in [-0.3, -0.25) is 0 Å². The summed E-state index contributed by atoms with van der Waals surface area (Å²) in [5.41, 5.74) is -0.821. The third-order valence-corrected chi connectivity index (χ3v) is 8.82. The third kappa shape index (κ3) is 6.77. The van der Waals surface area contributed by atoms with Gasteiger partial charge >= 0.3 is 6.09 Å². The highest BCUT2D eigenvalue weighted by molar-refractivity contribution is 7.89. The maximum atomic E-state index is 15.6. The molecule has 9 nitrogen and oxygen atoms in total. The maximum absolute atomic E-state index is 15.6. The molecule has 1 saturated heterocycles. The number of hydrogen-bond acceptors (Lipinski definition) is 8. The molecule has 3 rings (SSSR count). The molecule has 0 radical (unpaired) electrons. The molecule has 2 aromatic rings. The van der Waals surface area contributed by atoms with Gasteiger partial charge in [0.15, 0.2) is 4.90 Å². The van der Waals surface area contributed by atoms with Crippen LogP contribution in [0.2, 0.25) is 0 Å². The van der Waals surface area contributed by atoms with Crippen LogP contribution in [-0.4, -0.2) is 76.3 Å². The number of benzene rings is 2. The minimum atomic E-state index is -5.06. The number of carbonyl (C=O) groups excluding carboxylic acids is 1. The van der Waals surface area contributed by atoms with E-state index in [1.54, 1.807) is 26.8 Å². The van der Waals surface area contributed by atoms with Crippen LogP contribution in [0, 0.1) is 11.6 Å².